The van der Waals surface area contributed by atoms with E-state index in [1.807, 2.05) is 0 Å². The second-order valence-electron chi connectivity index (χ2n) is 3.39. The third-order valence-electron chi connectivity index (χ3n) is 2.20. The van der Waals surface area contributed by atoms with Gasteiger partial charge >= 0.3 is 5.97 Å². The van der Waals surface area contributed by atoms with Crippen molar-refractivity contribution < 1.29 is 18.7 Å². The summed E-state index contributed by atoms with van der Waals surface area (Å²) in [6, 6.07) is 5.54. The summed E-state index contributed by atoms with van der Waals surface area (Å²) in [7, 11) is 0. The molecule has 0 aliphatic carbocycles. The van der Waals surface area contributed by atoms with Gasteiger partial charge in [-0.05, 0) is 12.1 Å². The van der Waals surface area contributed by atoms with E-state index in [1.165, 1.54) is 24.3 Å². The molecule has 1 aromatic heterocycles. The number of hydrogen-bond donors (Lipinski definition) is 1. The van der Waals surface area contributed by atoms with Crippen LogP contribution in [0.5, 0.6) is 0 Å². The topological polar surface area (TPSA) is 55.1 Å². The molecular weight excluding hydrogens is 230 g/mol. The van der Waals surface area contributed by atoms with Gasteiger partial charge < -0.3 is 5.11 Å². The van der Waals surface area contributed by atoms with Gasteiger partial charge in [-0.15, -0.1) is 0 Å². The zero-order chi connectivity index (χ0) is 12.4. The largest absolute Gasteiger partial charge is 0.481 e. The molecule has 0 radical (unpaired) electrons. The van der Waals surface area contributed by atoms with Crippen molar-refractivity contribution in [3.8, 4) is 5.69 Å². The van der Waals surface area contributed by atoms with Gasteiger partial charge in [-0.2, -0.15) is 9.49 Å². The Kier molecular flexibility index (Phi) is 2.86. The Morgan fingerprint density at radius 3 is 2.71 bits per heavy atom. The zero-order valence-electron chi connectivity index (χ0n) is 8.60. The highest BCUT2D eigenvalue weighted by Crippen LogP contribution is 2.16. The summed E-state index contributed by atoms with van der Waals surface area (Å²) in [5.74, 6) is -2.66. The lowest BCUT2D eigenvalue weighted by atomic mass is 10.2. The lowest BCUT2D eigenvalue weighted by Gasteiger charge is -2.03. The number of para-hydroxylation sites is 1. The van der Waals surface area contributed by atoms with E-state index in [2.05, 4.69) is 5.10 Å². The van der Waals surface area contributed by atoms with E-state index in [-0.39, 0.29) is 11.3 Å². The molecule has 17 heavy (non-hydrogen) atoms. The van der Waals surface area contributed by atoms with Crippen molar-refractivity contribution in [2.24, 2.45) is 0 Å². The Morgan fingerprint density at radius 2 is 2.06 bits per heavy atom. The molecule has 0 amide bonds. The molecule has 0 fully saturated rings. The smallest absolute Gasteiger partial charge is 0.308 e. The molecule has 0 saturated carbocycles. The minimum absolute atomic E-state index is 0.0540. The number of aliphatic carboxylic acids is 1. The third-order valence-corrected chi connectivity index (χ3v) is 2.20. The predicted molar refractivity (Wildman–Crippen MR) is 54.8 cm³/mol. The highest BCUT2D eigenvalue weighted by molar-refractivity contribution is 5.70. The normalized spacial score (nSPS) is 10.5. The molecule has 1 aromatic carbocycles. The van der Waals surface area contributed by atoms with Gasteiger partial charge in [0.25, 0.3) is 0 Å². The Morgan fingerprint density at radius 1 is 1.35 bits per heavy atom. The SMILES string of the molecule is O=C(O)Cc1cnn(-c2ccccc2F)c1F. The second-order valence-corrected chi connectivity index (χ2v) is 3.39. The molecular formula is C11H8F2N2O2. The Hall–Kier alpha value is -2.24. The average Bonchev–Trinajstić information content (AvgIpc) is 2.61. The second kappa shape index (κ2) is 4.32. The summed E-state index contributed by atoms with van der Waals surface area (Å²) >= 11 is 0. The maximum absolute atomic E-state index is 13.7. The maximum Gasteiger partial charge on any atom is 0.308 e. The van der Waals surface area contributed by atoms with Gasteiger partial charge in [-0.1, -0.05) is 12.1 Å². The number of halogens is 2. The number of carbonyl (C=O) groups is 1. The minimum atomic E-state index is -1.17. The van der Waals surface area contributed by atoms with Crippen LogP contribution in [0.25, 0.3) is 5.69 Å². The first kappa shape index (κ1) is 11.3. The van der Waals surface area contributed by atoms with E-state index < -0.39 is 24.2 Å². The Balaban J connectivity index is 2.44. The van der Waals surface area contributed by atoms with Crippen LogP contribution in [0.4, 0.5) is 8.78 Å². The van der Waals surface area contributed by atoms with Crippen LogP contribution in [0.15, 0.2) is 30.5 Å². The van der Waals surface area contributed by atoms with Gasteiger partial charge in [-0.25, -0.2) is 9.07 Å². The molecule has 0 saturated heterocycles. The fraction of sp³-hybridized carbons (Fsp3) is 0.0909. The molecule has 4 nitrogen and oxygen atoms in total. The van der Waals surface area contributed by atoms with Crippen LogP contribution in [0, 0.1) is 11.8 Å². The van der Waals surface area contributed by atoms with Crippen LogP contribution in [0.1, 0.15) is 5.56 Å². The Bertz CT molecular complexity index is 566. The number of hydrogen-bond acceptors (Lipinski definition) is 2. The number of nitrogens with zero attached hydrogens (tertiary/aromatic N) is 2. The molecule has 2 rings (SSSR count). The molecule has 2 aromatic rings. The quantitative estimate of drug-likeness (QED) is 0.886. The van der Waals surface area contributed by atoms with Crippen LogP contribution >= 0.6 is 0 Å². The average molecular weight is 238 g/mol. The van der Waals surface area contributed by atoms with Crippen LogP contribution in [-0.2, 0) is 11.2 Å². The molecule has 88 valence electrons. The summed E-state index contributed by atoms with van der Waals surface area (Å²) in [5, 5.41) is 12.2. The minimum Gasteiger partial charge on any atom is -0.481 e. The van der Waals surface area contributed by atoms with Crippen LogP contribution in [0.3, 0.4) is 0 Å². The first-order valence-electron chi connectivity index (χ1n) is 4.78. The standard InChI is InChI=1S/C11H8F2N2O2/c12-8-3-1-2-4-9(8)15-11(13)7(6-14-15)5-10(16)17/h1-4,6H,5H2,(H,16,17). The van der Waals surface area contributed by atoms with Gasteiger partial charge in [0.15, 0.2) is 0 Å². The van der Waals surface area contributed by atoms with E-state index in [0.717, 1.165) is 10.9 Å². The fourth-order valence-electron chi connectivity index (χ4n) is 1.44. The van der Waals surface area contributed by atoms with Gasteiger partial charge in [0, 0.05) is 5.56 Å². The van der Waals surface area contributed by atoms with E-state index in [1.54, 1.807) is 0 Å². The summed E-state index contributed by atoms with van der Waals surface area (Å²) < 4.78 is 27.9. The van der Waals surface area contributed by atoms with Gasteiger partial charge in [0.1, 0.15) is 11.5 Å². The molecule has 0 aliphatic rings. The number of aromatic nitrogens is 2. The van der Waals surface area contributed by atoms with E-state index >= 15 is 0 Å². The maximum atomic E-state index is 13.7. The molecule has 1 N–H and O–H groups in total. The highest BCUT2D eigenvalue weighted by atomic mass is 19.1. The van der Waals surface area contributed by atoms with Crippen molar-refractivity contribution >= 4 is 5.97 Å². The molecule has 0 spiro atoms. The molecule has 0 aliphatic heterocycles. The lowest BCUT2D eigenvalue weighted by Crippen LogP contribution is -2.05. The fourth-order valence-corrected chi connectivity index (χ4v) is 1.44. The highest BCUT2D eigenvalue weighted by Gasteiger charge is 2.16. The predicted octanol–water partition coefficient (Wildman–Crippen LogP) is 1.78. The Labute approximate surface area is 95.1 Å². The van der Waals surface area contributed by atoms with Crippen molar-refractivity contribution in [2.75, 3.05) is 0 Å². The van der Waals surface area contributed by atoms with Crippen molar-refractivity contribution in [2.45, 2.75) is 6.42 Å². The lowest BCUT2D eigenvalue weighted by molar-refractivity contribution is -0.136. The number of rotatable bonds is 3. The first-order valence-corrected chi connectivity index (χ1v) is 4.78. The van der Waals surface area contributed by atoms with Gasteiger partial charge in [0.05, 0.1) is 12.6 Å². The summed E-state index contributed by atoms with van der Waals surface area (Å²) in [6.45, 7) is 0. The first-order chi connectivity index (χ1) is 8.09. The molecule has 6 heteroatoms. The zero-order valence-corrected chi connectivity index (χ0v) is 8.60. The van der Waals surface area contributed by atoms with Gasteiger partial charge in [0.2, 0.25) is 5.95 Å². The van der Waals surface area contributed by atoms with Crippen molar-refractivity contribution in [1.29, 1.82) is 0 Å². The van der Waals surface area contributed by atoms with Crippen LogP contribution in [-0.4, -0.2) is 20.9 Å². The van der Waals surface area contributed by atoms with Crippen molar-refractivity contribution in [1.82, 2.24) is 9.78 Å². The summed E-state index contributed by atoms with van der Waals surface area (Å²) in [4.78, 5) is 10.5. The van der Waals surface area contributed by atoms with Gasteiger partial charge in [-0.3, -0.25) is 4.79 Å². The summed E-state index contributed by atoms with van der Waals surface area (Å²) in [5.41, 5.74) is -0.137. The summed E-state index contributed by atoms with van der Waals surface area (Å²) in [6.07, 6.45) is 0.593. The van der Waals surface area contributed by atoms with E-state index in [0.29, 0.717) is 0 Å². The van der Waals surface area contributed by atoms with Crippen molar-refractivity contribution in [3.63, 3.8) is 0 Å². The molecule has 0 atom stereocenters. The van der Waals surface area contributed by atoms with Crippen LogP contribution < -0.4 is 0 Å². The van der Waals surface area contributed by atoms with E-state index in [9.17, 15) is 13.6 Å². The number of carboxylic acids is 1. The number of carboxylic acid groups (broad SMARTS) is 1. The van der Waals surface area contributed by atoms with E-state index in [4.69, 9.17) is 5.11 Å². The van der Waals surface area contributed by atoms with Crippen molar-refractivity contribution in [3.05, 3.63) is 47.8 Å². The molecule has 1 heterocycles. The van der Waals surface area contributed by atoms with Crippen LogP contribution in [0.2, 0.25) is 0 Å². The monoisotopic (exact) mass is 238 g/mol. The molecule has 0 unspecified atom stereocenters. The number of benzene rings is 1. The molecule has 0 bridgehead atoms. The third kappa shape index (κ3) is 2.15.